The van der Waals surface area contributed by atoms with Crippen molar-refractivity contribution in [3.05, 3.63) is 101 Å². The van der Waals surface area contributed by atoms with Gasteiger partial charge in [0.1, 0.15) is 0 Å². The van der Waals surface area contributed by atoms with Gasteiger partial charge >= 0.3 is 0 Å². The molecule has 0 aromatic heterocycles. The van der Waals surface area contributed by atoms with E-state index in [0.29, 0.717) is 9.94 Å². The molecule has 26 heavy (non-hydrogen) atoms. The number of rotatable bonds is 5. The molecule has 4 heteroatoms. The summed E-state index contributed by atoms with van der Waals surface area (Å²) >= 11 is 7.96. The molecule has 0 aliphatic carbocycles. The summed E-state index contributed by atoms with van der Waals surface area (Å²) in [6.45, 7) is 2.01. The fourth-order valence-electron chi connectivity index (χ4n) is 2.34. The zero-order valence-corrected chi connectivity index (χ0v) is 15.8. The van der Waals surface area contributed by atoms with E-state index >= 15 is 0 Å². The van der Waals surface area contributed by atoms with Gasteiger partial charge in [0, 0.05) is 10.6 Å². The summed E-state index contributed by atoms with van der Waals surface area (Å²) < 4.78 is 0. The van der Waals surface area contributed by atoms with Crippen LogP contribution in [0, 0.1) is 6.92 Å². The molecule has 3 aromatic rings. The molecule has 0 fully saturated rings. The highest BCUT2D eigenvalue weighted by atomic mass is 35.5. The maximum Gasteiger partial charge on any atom is 0.263 e. The van der Waals surface area contributed by atoms with E-state index in [2.05, 4.69) is 5.32 Å². The molecule has 0 aliphatic heterocycles. The summed E-state index contributed by atoms with van der Waals surface area (Å²) in [6.07, 6.45) is 0. The molecule has 2 nitrogen and oxygen atoms in total. The number of carbonyl (C=O) groups excluding carboxylic acids is 1. The SMILES string of the molecule is Cc1ccc(NC(=O)/C(Sc2ccccc2)=C(/Cl)c2ccccc2)cc1. The van der Waals surface area contributed by atoms with Crippen molar-refractivity contribution in [3.8, 4) is 0 Å². The lowest BCUT2D eigenvalue weighted by molar-refractivity contribution is -0.112. The molecule has 3 aromatic carbocycles. The molecule has 0 spiro atoms. The summed E-state index contributed by atoms with van der Waals surface area (Å²) in [5.41, 5.74) is 2.69. The Balaban J connectivity index is 1.94. The lowest BCUT2D eigenvalue weighted by Crippen LogP contribution is -2.13. The highest BCUT2D eigenvalue weighted by Crippen LogP contribution is 2.35. The predicted octanol–water partition coefficient (Wildman–Crippen LogP) is 6.33. The van der Waals surface area contributed by atoms with E-state index < -0.39 is 0 Å². The standard InChI is InChI=1S/C22H18ClNOS/c1-16-12-14-18(15-13-16)24-22(25)21(26-19-10-6-3-7-11-19)20(23)17-8-4-2-5-9-17/h2-15H,1H3,(H,24,25)/b21-20-. The van der Waals surface area contributed by atoms with Gasteiger partial charge in [0.15, 0.2) is 0 Å². The molecule has 0 atom stereocenters. The van der Waals surface area contributed by atoms with Gasteiger partial charge in [-0.3, -0.25) is 4.79 Å². The Kier molecular flexibility index (Phi) is 6.16. The highest BCUT2D eigenvalue weighted by Gasteiger charge is 2.18. The fourth-order valence-corrected chi connectivity index (χ4v) is 3.55. The first kappa shape index (κ1) is 18.3. The van der Waals surface area contributed by atoms with Crippen LogP contribution < -0.4 is 5.32 Å². The molecule has 0 radical (unpaired) electrons. The monoisotopic (exact) mass is 379 g/mol. The van der Waals surface area contributed by atoms with E-state index in [1.165, 1.54) is 11.8 Å². The van der Waals surface area contributed by atoms with Gasteiger partial charge in [0.05, 0.1) is 9.94 Å². The predicted molar refractivity (Wildman–Crippen MR) is 111 cm³/mol. The second-order valence-electron chi connectivity index (χ2n) is 5.74. The van der Waals surface area contributed by atoms with Gasteiger partial charge < -0.3 is 5.32 Å². The molecular weight excluding hydrogens is 362 g/mol. The van der Waals surface area contributed by atoms with Gasteiger partial charge in [0.25, 0.3) is 5.91 Å². The van der Waals surface area contributed by atoms with Gasteiger partial charge in [0.2, 0.25) is 0 Å². The van der Waals surface area contributed by atoms with Crippen molar-refractivity contribution >= 4 is 40.0 Å². The average molecular weight is 380 g/mol. The third-order valence-electron chi connectivity index (χ3n) is 3.71. The Labute approximate surface area is 162 Å². The number of aryl methyl sites for hydroxylation is 1. The van der Waals surface area contributed by atoms with Crippen LogP contribution in [0.25, 0.3) is 5.03 Å². The average Bonchev–Trinajstić information content (AvgIpc) is 2.69. The number of amides is 1. The lowest BCUT2D eigenvalue weighted by atomic mass is 10.2. The van der Waals surface area contributed by atoms with Crippen molar-refractivity contribution in [3.63, 3.8) is 0 Å². The Morgan fingerprint density at radius 2 is 1.42 bits per heavy atom. The summed E-state index contributed by atoms with van der Waals surface area (Å²) in [5, 5.41) is 3.37. The highest BCUT2D eigenvalue weighted by molar-refractivity contribution is 8.04. The van der Waals surface area contributed by atoms with E-state index in [1.807, 2.05) is 91.9 Å². The molecule has 130 valence electrons. The second kappa shape index (κ2) is 8.75. The Bertz CT molecular complexity index is 906. The van der Waals surface area contributed by atoms with Crippen LogP contribution in [-0.4, -0.2) is 5.91 Å². The molecule has 0 saturated carbocycles. The van der Waals surface area contributed by atoms with E-state index in [0.717, 1.165) is 21.7 Å². The first-order valence-electron chi connectivity index (χ1n) is 8.19. The molecule has 0 saturated heterocycles. The topological polar surface area (TPSA) is 29.1 Å². The normalized spacial score (nSPS) is 11.6. The third kappa shape index (κ3) is 4.78. The minimum atomic E-state index is -0.225. The van der Waals surface area contributed by atoms with Crippen LogP contribution in [0.3, 0.4) is 0 Å². The van der Waals surface area contributed by atoms with Crippen molar-refractivity contribution in [2.75, 3.05) is 5.32 Å². The quantitative estimate of drug-likeness (QED) is 0.414. The number of nitrogens with one attached hydrogen (secondary N) is 1. The van der Waals surface area contributed by atoms with Gasteiger partial charge in [-0.2, -0.15) is 0 Å². The summed E-state index contributed by atoms with van der Waals surface area (Å²) in [4.78, 5) is 14.4. The van der Waals surface area contributed by atoms with Crippen LogP contribution in [0.5, 0.6) is 0 Å². The number of hydrogen-bond acceptors (Lipinski definition) is 2. The summed E-state index contributed by atoms with van der Waals surface area (Å²) in [6, 6.07) is 26.9. The summed E-state index contributed by atoms with van der Waals surface area (Å²) in [5.74, 6) is -0.225. The molecule has 1 N–H and O–H groups in total. The van der Waals surface area contributed by atoms with Crippen molar-refractivity contribution < 1.29 is 4.79 Å². The lowest BCUT2D eigenvalue weighted by Gasteiger charge is -2.12. The Hall–Kier alpha value is -2.49. The van der Waals surface area contributed by atoms with Gasteiger partial charge in [-0.05, 0) is 36.8 Å². The molecular formula is C22H18ClNOS. The van der Waals surface area contributed by atoms with Crippen LogP contribution in [0.1, 0.15) is 11.1 Å². The van der Waals surface area contributed by atoms with E-state index in [4.69, 9.17) is 11.6 Å². The summed E-state index contributed by atoms with van der Waals surface area (Å²) in [7, 11) is 0. The maximum absolute atomic E-state index is 12.9. The van der Waals surface area contributed by atoms with Crippen LogP contribution in [0.4, 0.5) is 5.69 Å². The largest absolute Gasteiger partial charge is 0.321 e. The van der Waals surface area contributed by atoms with E-state index in [-0.39, 0.29) is 5.91 Å². The van der Waals surface area contributed by atoms with Crippen LogP contribution in [0.15, 0.2) is 94.7 Å². The Morgan fingerprint density at radius 1 is 0.846 bits per heavy atom. The fraction of sp³-hybridized carbons (Fsp3) is 0.0455. The molecule has 0 bridgehead atoms. The molecule has 0 aliphatic rings. The smallest absolute Gasteiger partial charge is 0.263 e. The minimum absolute atomic E-state index is 0.225. The maximum atomic E-state index is 12.9. The molecule has 1 amide bonds. The number of hydrogen-bond donors (Lipinski definition) is 1. The van der Waals surface area contributed by atoms with E-state index in [1.54, 1.807) is 0 Å². The molecule has 3 rings (SSSR count). The van der Waals surface area contributed by atoms with Crippen molar-refractivity contribution in [1.82, 2.24) is 0 Å². The van der Waals surface area contributed by atoms with Crippen LogP contribution in [0.2, 0.25) is 0 Å². The van der Waals surface area contributed by atoms with Gasteiger partial charge in [-0.25, -0.2) is 0 Å². The first-order chi connectivity index (χ1) is 12.6. The van der Waals surface area contributed by atoms with E-state index in [9.17, 15) is 4.79 Å². The second-order valence-corrected chi connectivity index (χ2v) is 7.21. The number of anilines is 1. The first-order valence-corrected chi connectivity index (χ1v) is 9.39. The van der Waals surface area contributed by atoms with Crippen molar-refractivity contribution in [2.45, 2.75) is 11.8 Å². The van der Waals surface area contributed by atoms with Crippen LogP contribution in [-0.2, 0) is 4.79 Å². The number of halogens is 1. The third-order valence-corrected chi connectivity index (χ3v) is 5.33. The number of benzene rings is 3. The Morgan fingerprint density at radius 3 is 2.04 bits per heavy atom. The van der Waals surface area contributed by atoms with Crippen molar-refractivity contribution in [1.29, 1.82) is 0 Å². The molecule has 0 heterocycles. The zero-order valence-electron chi connectivity index (χ0n) is 14.3. The number of thioether (sulfide) groups is 1. The number of carbonyl (C=O) groups is 1. The zero-order chi connectivity index (χ0) is 18.4. The van der Waals surface area contributed by atoms with Gasteiger partial charge in [-0.1, -0.05) is 89.6 Å². The van der Waals surface area contributed by atoms with Gasteiger partial charge in [-0.15, -0.1) is 0 Å². The van der Waals surface area contributed by atoms with Crippen LogP contribution >= 0.6 is 23.4 Å². The minimum Gasteiger partial charge on any atom is -0.321 e. The van der Waals surface area contributed by atoms with Crippen molar-refractivity contribution in [2.24, 2.45) is 0 Å². The molecule has 0 unspecified atom stereocenters.